The lowest BCUT2D eigenvalue weighted by atomic mass is 9.83. The molecular formula is C29H27F6NO4S. The molecule has 5 nitrogen and oxygen atoms in total. The number of benzene rings is 3. The van der Waals surface area contributed by atoms with Gasteiger partial charge in [-0.2, -0.15) is 26.3 Å². The van der Waals surface area contributed by atoms with Gasteiger partial charge in [0.15, 0.2) is 9.84 Å². The maximum absolute atomic E-state index is 13.3. The SMILES string of the molecule is CCS(=O)(=O)c1ccc(CC(=O)N2C[C@@H](c3ccccc3)[C@H](c3ccc(C(O)(C(F)(F)F)C(F)(F)F)cc3)C2)cc1. The van der Waals surface area contributed by atoms with E-state index in [0.717, 1.165) is 17.7 Å². The van der Waals surface area contributed by atoms with E-state index in [0.29, 0.717) is 23.3 Å². The van der Waals surface area contributed by atoms with Gasteiger partial charge in [-0.05, 0) is 28.8 Å². The number of nitrogens with zero attached hydrogens (tertiary/aromatic N) is 1. The van der Waals surface area contributed by atoms with Crippen molar-refractivity contribution in [3.8, 4) is 0 Å². The summed E-state index contributed by atoms with van der Waals surface area (Å²) in [5.41, 5.74) is -4.53. The van der Waals surface area contributed by atoms with Crippen LogP contribution in [0.1, 0.15) is 41.0 Å². The van der Waals surface area contributed by atoms with Crippen LogP contribution in [0.15, 0.2) is 83.8 Å². The quantitative estimate of drug-likeness (QED) is 0.352. The van der Waals surface area contributed by atoms with Gasteiger partial charge in [0.2, 0.25) is 5.91 Å². The summed E-state index contributed by atoms with van der Waals surface area (Å²) in [5.74, 6) is -1.07. The standard InChI is InChI=1S/C29H27F6NO4S/c1-2-41(39,40)23-14-8-19(9-15-23)16-26(37)36-17-24(20-6-4-3-5-7-20)25(18-36)21-10-12-22(13-11-21)27(38,28(30,31)32)29(33,34)35/h3-15,24-25,38H,2,16-18H2,1H3/t24-,25-/m0/s1. The van der Waals surface area contributed by atoms with Gasteiger partial charge in [-0.25, -0.2) is 8.42 Å². The first-order chi connectivity index (χ1) is 19.1. The van der Waals surface area contributed by atoms with Crippen LogP contribution in [0.2, 0.25) is 0 Å². The Kier molecular flexibility index (Phi) is 8.30. The summed E-state index contributed by atoms with van der Waals surface area (Å²) in [4.78, 5) is 15.0. The van der Waals surface area contributed by atoms with E-state index in [1.807, 2.05) is 12.1 Å². The average molecular weight is 600 g/mol. The van der Waals surface area contributed by atoms with Gasteiger partial charge in [0, 0.05) is 30.5 Å². The molecule has 1 amide bonds. The number of rotatable bonds is 7. The topological polar surface area (TPSA) is 74.7 Å². The summed E-state index contributed by atoms with van der Waals surface area (Å²) in [6.07, 6.45) is -12.0. The summed E-state index contributed by atoms with van der Waals surface area (Å²) in [5, 5.41) is 9.74. The minimum atomic E-state index is -5.99. The van der Waals surface area contributed by atoms with Gasteiger partial charge in [0.25, 0.3) is 5.60 Å². The molecule has 0 radical (unpaired) electrons. The monoisotopic (exact) mass is 599 g/mol. The van der Waals surface area contributed by atoms with Crippen LogP contribution < -0.4 is 0 Å². The molecule has 0 unspecified atom stereocenters. The normalized spacial score (nSPS) is 18.5. The number of amides is 1. The number of hydrogen-bond donors (Lipinski definition) is 1. The molecule has 1 aliphatic rings. The van der Waals surface area contributed by atoms with Crippen LogP contribution in [0.25, 0.3) is 0 Å². The molecular weight excluding hydrogens is 572 g/mol. The van der Waals surface area contributed by atoms with Gasteiger partial charge in [-0.15, -0.1) is 0 Å². The molecule has 3 aromatic carbocycles. The van der Waals surface area contributed by atoms with Gasteiger partial charge >= 0.3 is 12.4 Å². The number of aliphatic hydroxyl groups is 1. The van der Waals surface area contributed by atoms with Crippen molar-refractivity contribution in [3.05, 3.63) is 101 Å². The van der Waals surface area contributed by atoms with Gasteiger partial charge in [0.1, 0.15) is 0 Å². The third-order valence-electron chi connectivity index (χ3n) is 7.50. The Bertz CT molecular complexity index is 1460. The van der Waals surface area contributed by atoms with Crippen LogP contribution in [0.5, 0.6) is 0 Å². The number of halogens is 6. The Balaban J connectivity index is 1.60. The van der Waals surface area contributed by atoms with Crippen molar-refractivity contribution in [2.24, 2.45) is 0 Å². The fourth-order valence-electron chi connectivity index (χ4n) is 5.11. The van der Waals surface area contributed by atoms with Gasteiger partial charge in [0.05, 0.1) is 17.1 Å². The van der Waals surface area contributed by atoms with Crippen LogP contribution in [-0.2, 0) is 26.7 Å². The van der Waals surface area contributed by atoms with E-state index in [-0.39, 0.29) is 42.0 Å². The van der Waals surface area contributed by atoms with Crippen molar-refractivity contribution in [1.82, 2.24) is 4.90 Å². The second-order valence-corrected chi connectivity index (χ2v) is 12.3. The Labute approximate surface area is 233 Å². The fraction of sp³-hybridized carbons (Fsp3) is 0.345. The zero-order chi connectivity index (χ0) is 30.2. The summed E-state index contributed by atoms with van der Waals surface area (Å²) in [7, 11) is -3.40. The van der Waals surface area contributed by atoms with E-state index in [9.17, 15) is 44.7 Å². The molecule has 1 saturated heterocycles. The Hall–Kier alpha value is -3.38. The molecule has 12 heteroatoms. The maximum atomic E-state index is 13.3. The molecule has 41 heavy (non-hydrogen) atoms. The van der Waals surface area contributed by atoms with Crippen LogP contribution in [-0.4, -0.2) is 55.5 Å². The lowest BCUT2D eigenvalue weighted by molar-refractivity contribution is -0.376. The lowest BCUT2D eigenvalue weighted by Crippen LogP contribution is -2.53. The highest BCUT2D eigenvalue weighted by molar-refractivity contribution is 7.91. The third-order valence-corrected chi connectivity index (χ3v) is 9.25. The Morgan fingerprint density at radius 1 is 0.805 bits per heavy atom. The van der Waals surface area contributed by atoms with Crippen molar-refractivity contribution >= 4 is 15.7 Å². The maximum Gasteiger partial charge on any atom is 0.430 e. The lowest BCUT2D eigenvalue weighted by Gasteiger charge is -2.33. The number of sulfone groups is 1. The molecule has 0 aliphatic carbocycles. The largest absolute Gasteiger partial charge is 0.430 e. The number of carbonyl (C=O) groups excluding carboxylic acids is 1. The molecule has 1 heterocycles. The molecule has 220 valence electrons. The van der Waals surface area contributed by atoms with Crippen molar-refractivity contribution in [2.45, 2.75) is 48.0 Å². The second kappa shape index (κ2) is 11.1. The Morgan fingerprint density at radius 3 is 1.76 bits per heavy atom. The van der Waals surface area contributed by atoms with Crippen LogP contribution in [0.3, 0.4) is 0 Å². The van der Waals surface area contributed by atoms with Crippen LogP contribution >= 0.6 is 0 Å². The predicted octanol–water partition coefficient (Wildman–Crippen LogP) is 5.74. The van der Waals surface area contributed by atoms with Crippen LogP contribution in [0.4, 0.5) is 26.3 Å². The molecule has 4 rings (SSSR count). The van der Waals surface area contributed by atoms with E-state index >= 15 is 0 Å². The smallest absolute Gasteiger partial charge is 0.369 e. The van der Waals surface area contributed by atoms with E-state index in [1.54, 1.807) is 35.2 Å². The molecule has 1 aliphatic heterocycles. The first-order valence-electron chi connectivity index (χ1n) is 12.7. The molecule has 0 saturated carbocycles. The highest BCUT2D eigenvalue weighted by Crippen LogP contribution is 2.50. The number of hydrogen-bond acceptors (Lipinski definition) is 4. The van der Waals surface area contributed by atoms with E-state index in [2.05, 4.69) is 0 Å². The first-order valence-corrected chi connectivity index (χ1v) is 14.3. The fourth-order valence-corrected chi connectivity index (χ4v) is 5.99. The van der Waals surface area contributed by atoms with E-state index in [1.165, 1.54) is 19.1 Å². The van der Waals surface area contributed by atoms with E-state index in [4.69, 9.17) is 0 Å². The third kappa shape index (κ3) is 5.99. The van der Waals surface area contributed by atoms with Gasteiger partial charge in [-0.3, -0.25) is 4.79 Å². The molecule has 1 fully saturated rings. The molecule has 0 aromatic heterocycles. The zero-order valence-corrected chi connectivity index (χ0v) is 22.6. The molecule has 3 aromatic rings. The van der Waals surface area contributed by atoms with Crippen molar-refractivity contribution in [2.75, 3.05) is 18.8 Å². The second-order valence-electron chi connectivity index (χ2n) is 9.97. The first kappa shape index (κ1) is 30.6. The minimum Gasteiger partial charge on any atom is -0.369 e. The number of alkyl halides is 6. The molecule has 2 atom stereocenters. The van der Waals surface area contributed by atoms with Crippen molar-refractivity contribution in [1.29, 1.82) is 0 Å². The summed E-state index contributed by atoms with van der Waals surface area (Å²) >= 11 is 0. The summed E-state index contributed by atoms with van der Waals surface area (Å²) < 4.78 is 104. The van der Waals surface area contributed by atoms with Gasteiger partial charge in [-0.1, -0.05) is 73.7 Å². The zero-order valence-electron chi connectivity index (χ0n) is 21.8. The van der Waals surface area contributed by atoms with E-state index < -0.39 is 39.3 Å². The van der Waals surface area contributed by atoms with Crippen molar-refractivity contribution in [3.63, 3.8) is 0 Å². The van der Waals surface area contributed by atoms with Crippen molar-refractivity contribution < 1.29 is 44.7 Å². The number of carbonyl (C=O) groups is 1. The summed E-state index contributed by atoms with van der Waals surface area (Å²) in [6.45, 7) is 1.94. The predicted molar refractivity (Wildman–Crippen MR) is 139 cm³/mol. The minimum absolute atomic E-state index is 0.0240. The Morgan fingerprint density at radius 2 is 1.29 bits per heavy atom. The molecule has 1 N–H and O–H groups in total. The van der Waals surface area contributed by atoms with Gasteiger partial charge < -0.3 is 10.0 Å². The molecule has 0 spiro atoms. The number of likely N-dealkylation sites (tertiary alicyclic amines) is 1. The van der Waals surface area contributed by atoms with Crippen LogP contribution in [0, 0.1) is 0 Å². The highest BCUT2D eigenvalue weighted by atomic mass is 32.2. The highest BCUT2D eigenvalue weighted by Gasteiger charge is 2.71. The molecule has 0 bridgehead atoms. The summed E-state index contributed by atoms with van der Waals surface area (Å²) in [6, 6.07) is 18.5. The average Bonchev–Trinajstić information content (AvgIpc) is 3.38.